The minimum atomic E-state index is 0.430. The van der Waals surface area contributed by atoms with Gasteiger partial charge in [0.15, 0.2) is 0 Å². The Labute approximate surface area is 116 Å². The minimum absolute atomic E-state index is 0.430. The lowest BCUT2D eigenvalue weighted by Gasteiger charge is -2.14. The molecule has 0 amide bonds. The lowest BCUT2D eigenvalue weighted by molar-refractivity contribution is 0.210. The summed E-state index contributed by atoms with van der Waals surface area (Å²) >= 11 is 0. The first-order valence-corrected chi connectivity index (χ1v) is 7.59. The molecule has 0 spiro atoms. The highest BCUT2D eigenvalue weighted by atomic mass is 16.5. The number of nitrogens with one attached hydrogen (secondary N) is 1. The van der Waals surface area contributed by atoms with Gasteiger partial charge in [0.1, 0.15) is 5.75 Å². The van der Waals surface area contributed by atoms with Crippen LogP contribution in [-0.2, 0) is 0 Å². The van der Waals surface area contributed by atoms with Crippen molar-refractivity contribution in [3.8, 4) is 5.75 Å². The van der Waals surface area contributed by atoms with E-state index in [9.17, 15) is 0 Å². The van der Waals surface area contributed by atoms with Crippen molar-refractivity contribution >= 4 is 5.69 Å². The van der Waals surface area contributed by atoms with Crippen molar-refractivity contribution in [1.82, 2.24) is 0 Å². The molecule has 3 N–H and O–H groups in total. The molecule has 2 rings (SSSR count). The van der Waals surface area contributed by atoms with E-state index in [4.69, 9.17) is 10.5 Å². The SMILES string of the molecule is NCCCCCNc1cccc(OC2CCCC2)c1. The second kappa shape index (κ2) is 8.05. The average molecular weight is 262 g/mol. The Kier molecular flexibility index (Phi) is 6.02. The highest BCUT2D eigenvalue weighted by Gasteiger charge is 2.16. The fourth-order valence-electron chi connectivity index (χ4n) is 2.56. The van der Waals surface area contributed by atoms with E-state index in [0.717, 1.165) is 30.9 Å². The van der Waals surface area contributed by atoms with Crippen LogP contribution in [0.1, 0.15) is 44.9 Å². The van der Waals surface area contributed by atoms with Crippen LogP contribution in [0.4, 0.5) is 5.69 Å². The molecule has 1 aromatic rings. The van der Waals surface area contributed by atoms with Gasteiger partial charge in [0.25, 0.3) is 0 Å². The molecule has 0 unspecified atom stereocenters. The third-order valence-corrected chi connectivity index (χ3v) is 3.65. The molecule has 106 valence electrons. The van der Waals surface area contributed by atoms with E-state index in [1.165, 1.54) is 38.5 Å². The molecule has 1 aliphatic rings. The van der Waals surface area contributed by atoms with Crippen LogP contribution in [0.2, 0.25) is 0 Å². The molecule has 3 nitrogen and oxygen atoms in total. The van der Waals surface area contributed by atoms with Crippen molar-refractivity contribution in [3.63, 3.8) is 0 Å². The van der Waals surface area contributed by atoms with Crippen LogP contribution in [-0.4, -0.2) is 19.2 Å². The second-order valence-electron chi connectivity index (χ2n) is 5.33. The number of benzene rings is 1. The summed E-state index contributed by atoms with van der Waals surface area (Å²) in [6.07, 6.45) is 8.94. The van der Waals surface area contributed by atoms with Gasteiger partial charge in [0.2, 0.25) is 0 Å². The van der Waals surface area contributed by atoms with E-state index in [2.05, 4.69) is 29.6 Å². The summed E-state index contributed by atoms with van der Waals surface area (Å²) < 4.78 is 6.00. The van der Waals surface area contributed by atoms with Crippen molar-refractivity contribution < 1.29 is 4.74 Å². The number of ether oxygens (including phenoxy) is 1. The molecule has 19 heavy (non-hydrogen) atoms. The van der Waals surface area contributed by atoms with Crippen LogP contribution in [0.25, 0.3) is 0 Å². The van der Waals surface area contributed by atoms with Gasteiger partial charge in [-0.1, -0.05) is 12.5 Å². The Balaban J connectivity index is 1.74. The van der Waals surface area contributed by atoms with Crippen molar-refractivity contribution in [3.05, 3.63) is 24.3 Å². The predicted molar refractivity (Wildman–Crippen MR) is 80.7 cm³/mol. The first-order chi connectivity index (χ1) is 9.38. The van der Waals surface area contributed by atoms with Crippen molar-refractivity contribution in [2.75, 3.05) is 18.4 Å². The summed E-state index contributed by atoms with van der Waals surface area (Å²) in [7, 11) is 0. The fourth-order valence-corrected chi connectivity index (χ4v) is 2.56. The van der Waals surface area contributed by atoms with Gasteiger partial charge in [-0.25, -0.2) is 0 Å². The van der Waals surface area contributed by atoms with Crippen molar-refractivity contribution in [2.45, 2.75) is 51.0 Å². The number of nitrogens with two attached hydrogens (primary N) is 1. The van der Waals surface area contributed by atoms with Gasteiger partial charge < -0.3 is 15.8 Å². The molecule has 1 saturated carbocycles. The number of anilines is 1. The van der Waals surface area contributed by atoms with Crippen LogP contribution in [0.15, 0.2) is 24.3 Å². The average Bonchev–Trinajstić information content (AvgIpc) is 2.92. The Hall–Kier alpha value is -1.22. The topological polar surface area (TPSA) is 47.3 Å². The van der Waals surface area contributed by atoms with Crippen LogP contribution in [0.3, 0.4) is 0 Å². The standard InChI is InChI=1S/C16H26N2O/c17-11-4-1-5-12-18-14-7-6-10-16(13-14)19-15-8-2-3-9-15/h6-7,10,13,15,18H,1-5,8-9,11-12,17H2. The Morgan fingerprint density at radius 3 is 2.79 bits per heavy atom. The second-order valence-corrected chi connectivity index (χ2v) is 5.33. The van der Waals surface area contributed by atoms with Crippen LogP contribution >= 0.6 is 0 Å². The molecular formula is C16H26N2O. The van der Waals surface area contributed by atoms with E-state index in [1.807, 2.05) is 0 Å². The van der Waals surface area contributed by atoms with Crippen molar-refractivity contribution in [1.29, 1.82) is 0 Å². The number of unbranched alkanes of at least 4 members (excludes halogenated alkanes) is 2. The Morgan fingerprint density at radius 2 is 2.00 bits per heavy atom. The highest BCUT2D eigenvalue weighted by Crippen LogP contribution is 2.25. The van der Waals surface area contributed by atoms with E-state index in [-0.39, 0.29) is 0 Å². The molecule has 1 aromatic carbocycles. The van der Waals surface area contributed by atoms with Gasteiger partial charge >= 0.3 is 0 Å². The van der Waals surface area contributed by atoms with Crippen LogP contribution < -0.4 is 15.8 Å². The van der Waals surface area contributed by atoms with Gasteiger partial charge in [-0.05, 0) is 57.2 Å². The van der Waals surface area contributed by atoms with E-state index in [0.29, 0.717) is 6.10 Å². The quantitative estimate of drug-likeness (QED) is 0.704. The third-order valence-electron chi connectivity index (χ3n) is 3.65. The molecule has 0 atom stereocenters. The summed E-state index contributed by atoms with van der Waals surface area (Å²) in [5, 5.41) is 3.45. The zero-order valence-electron chi connectivity index (χ0n) is 11.7. The molecule has 1 fully saturated rings. The zero-order chi connectivity index (χ0) is 13.3. The molecular weight excluding hydrogens is 236 g/mol. The van der Waals surface area contributed by atoms with Gasteiger partial charge in [-0.3, -0.25) is 0 Å². The van der Waals surface area contributed by atoms with Gasteiger partial charge in [0, 0.05) is 18.3 Å². The zero-order valence-corrected chi connectivity index (χ0v) is 11.7. The lowest BCUT2D eigenvalue weighted by Crippen LogP contribution is -2.11. The molecule has 0 radical (unpaired) electrons. The summed E-state index contributed by atoms with van der Waals surface area (Å²) in [6.45, 7) is 1.80. The van der Waals surface area contributed by atoms with Gasteiger partial charge in [-0.15, -0.1) is 0 Å². The summed E-state index contributed by atoms with van der Waals surface area (Å²) in [6, 6.07) is 8.33. The predicted octanol–water partition coefficient (Wildman–Crippen LogP) is 3.55. The molecule has 0 bridgehead atoms. The molecule has 1 aliphatic carbocycles. The number of rotatable bonds is 8. The molecule has 0 heterocycles. The van der Waals surface area contributed by atoms with Gasteiger partial charge in [0.05, 0.1) is 6.10 Å². The monoisotopic (exact) mass is 262 g/mol. The largest absolute Gasteiger partial charge is 0.490 e. The summed E-state index contributed by atoms with van der Waals surface area (Å²) in [4.78, 5) is 0. The third kappa shape index (κ3) is 5.11. The van der Waals surface area contributed by atoms with Gasteiger partial charge in [-0.2, -0.15) is 0 Å². The maximum Gasteiger partial charge on any atom is 0.121 e. The van der Waals surface area contributed by atoms with Crippen LogP contribution in [0.5, 0.6) is 5.75 Å². The smallest absolute Gasteiger partial charge is 0.121 e. The van der Waals surface area contributed by atoms with E-state index < -0.39 is 0 Å². The highest BCUT2D eigenvalue weighted by molar-refractivity contribution is 5.48. The maximum atomic E-state index is 6.00. The lowest BCUT2D eigenvalue weighted by atomic mass is 10.2. The van der Waals surface area contributed by atoms with E-state index in [1.54, 1.807) is 0 Å². The summed E-state index contributed by atoms with van der Waals surface area (Å²) in [5.74, 6) is 0.999. The van der Waals surface area contributed by atoms with Crippen molar-refractivity contribution in [2.24, 2.45) is 5.73 Å². The Bertz CT molecular complexity index is 362. The number of hydrogen-bond acceptors (Lipinski definition) is 3. The first kappa shape index (κ1) is 14.2. The first-order valence-electron chi connectivity index (χ1n) is 7.59. The molecule has 3 heteroatoms. The maximum absolute atomic E-state index is 6.00. The summed E-state index contributed by atoms with van der Waals surface area (Å²) in [5.41, 5.74) is 6.64. The molecule has 0 aromatic heterocycles. The number of hydrogen-bond donors (Lipinski definition) is 2. The fraction of sp³-hybridized carbons (Fsp3) is 0.625. The van der Waals surface area contributed by atoms with Crippen LogP contribution in [0, 0.1) is 0 Å². The minimum Gasteiger partial charge on any atom is -0.490 e. The van der Waals surface area contributed by atoms with E-state index >= 15 is 0 Å². The Morgan fingerprint density at radius 1 is 1.16 bits per heavy atom. The molecule has 0 saturated heterocycles. The normalized spacial score (nSPS) is 15.6. The molecule has 0 aliphatic heterocycles.